The molecular weight excluding hydrogens is 512 g/mol. The Hall–Kier alpha value is -3.63. The normalized spacial score (nSPS) is 12.7. The van der Waals surface area contributed by atoms with Crippen LogP contribution in [0.1, 0.15) is 49.9 Å². The van der Waals surface area contributed by atoms with E-state index in [1.807, 2.05) is 0 Å². The second-order valence-electron chi connectivity index (χ2n) is 9.80. The predicted molar refractivity (Wildman–Crippen MR) is 145 cm³/mol. The molecular formula is C27H35ClN4O6. The Morgan fingerprint density at radius 3 is 2.24 bits per heavy atom. The van der Waals surface area contributed by atoms with Crippen LogP contribution in [-0.2, 0) is 19.1 Å². The lowest BCUT2D eigenvalue weighted by Crippen LogP contribution is -2.54. The molecule has 2 aromatic rings. The number of amides is 4. The third kappa shape index (κ3) is 8.46. The van der Waals surface area contributed by atoms with Gasteiger partial charge in [0.1, 0.15) is 17.7 Å². The van der Waals surface area contributed by atoms with Gasteiger partial charge in [0.05, 0.1) is 23.7 Å². The molecule has 0 spiro atoms. The summed E-state index contributed by atoms with van der Waals surface area (Å²) < 4.78 is 5.24. The molecule has 2 rings (SSSR count). The highest BCUT2D eigenvalue weighted by Crippen LogP contribution is 2.30. The molecule has 0 aromatic heterocycles. The van der Waals surface area contributed by atoms with Crippen molar-refractivity contribution in [2.24, 2.45) is 5.73 Å². The van der Waals surface area contributed by atoms with E-state index in [0.29, 0.717) is 27.4 Å². The number of hydrogen-bond acceptors (Lipinski definition) is 6. The maximum Gasteiger partial charge on any atom is 0.408 e. The van der Waals surface area contributed by atoms with Crippen LogP contribution in [0.3, 0.4) is 0 Å². The summed E-state index contributed by atoms with van der Waals surface area (Å²) in [6.07, 6.45) is -1.49. The van der Waals surface area contributed by atoms with Crippen molar-refractivity contribution < 1.29 is 29.0 Å². The highest BCUT2D eigenvalue weighted by Gasteiger charge is 2.37. The third-order valence-corrected chi connectivity index (χ3v) is 5.85. The molecule has 2 aromatic carbocycles. The number of aliphatic hydroxyl groups is 1. The van der Waals surface area contributed by atoms with Gasteiger partial charge in [-0.2, -0.15) is 0 Å². The molecule has 0 saturated heterocycles. The number of anilines is 1. The molecule has 10 nitrogen and oxygen atoms in total. The van der Waals surface area contributed by atoms with Gasteiger partial charge in [-0.05, 0) is 57.4 Å². The van der Waals surface area contributed by atoms with Crippen molar-refractivity contribution in [1.29, 1.82) is 0 Å². The van der Waals surface area contributed by atoms with E-state index in [4.69, 9.17) is 22.1 Å². The number of hydrogen-bond donors (Lipinski definition) is 4. The molecule has 0 bridgehead atoms. The zero-order chi connectivity index (χ0) is 28.6. The first-order valence-electron chi connectivity index (χ1n) is 12.1. The number of aryl methyl sites for hydroxylation is 2. The molecule has 2 unspecified atom stereocenters. The maximum absolute atomic E-state index is 13.8. The van der Waals surface area contributed by atoms with Gasteiger partial charge in [0.15, 0.2) is 0 Å². The Balaban J connectivity index is 2.56. The first kappa shape index (κ1) is 30.6. The molecule has 0 aliphatic heterocycles. The van der Waals surface area contributed by atoms with E-state index in [1.54, 1.807) is 77.1 Å². The smallest absolute Gasteiger partial charge is 0.408 e. The average Bonchev–Trinajstić information content (AvgIpc) is 2.80. The molecule has 0 aliphatic rings. The van der Waals surface area contributed by atoms with Gasteiger partial charge in [-0.15, -0.1) is 0 Å². The van der Waals surface area contributed by atoms with Crippen molar-refractivity contribution in [3.8, 4) is 0 Å². The molecule has 38 heavy (non-hydrogen) atoms. The van der Waals surface area contributed by atoms with Gasteiger partial charge in [-0.1, -0.05) is 48.0 Å². The van der Waals surface area contributed by atoms with Crippen molar-refractivity contribution >= 4 is 41.1 Å². The number of benzene rings is 2. The minimum atomic E-state index is -1.45. The minimum absolute atomic E-state index is 0.280. The molecule has 2 atom stereocenters. The zero-order valence-corrected chi connectivity index (χ0v) is 23.0. The minimum Gasteiger partial charge on any atom is -0.444 e. The number of nitrogens with one attached hydrogen (secondary N) is 2. The summed E-state index contributed by atoms with van der Waals surface area (Å²) in [5, 5.41) is 15.3. The van der Waals surface area contributed by atoms with Gasteiger partial charge in [0.2, 0.25) is 11.8 Å². The molecule has 11 heteroatoms. The van der Waals surface area contributed by atoms with Gasteiger partial charge in [0, 0.05) is 6.54 Å². The van der Waals surface area contributed by atoms with Crippen LogP contribution in [0.15, 0.2) is 42.5 Å². The lowest BCUT2D eigenvalue weighted by atomic mass is 9.97. The number of aliphatic hydroxyl groups excluding tert-OH is 1. The Morgan fingerprint density at radius 1 is 1.05 bits per heavy atom. The molecule has 0 fully saturated rings. The topological polar surface area (TPSA) is 151 Å². The number of rotatable bonds is 10. The molecule has 4 amide bonds. The van der Waals surface area contributed by atoms with E-state index in [0.717, 1.165) is 4.90 Å². The molecule has 0 saturated carbocycles. The van der Waals surface area contributed by atoms with E-state index in [-0.39, 0.29) is 6.54 Å². The summed E-state index contributed by atoms with van der Waals surface area (Å²) in [5.41, 5.74) is 6.75. The first-order valence-corrected chi connectivity index (χ1v) is 12.4. The first-order chi connectivity index (χ1) is 17.7. The summed E-state index contributed by atoms with van der Waals surface area (Å²) in [4.78, 5) is 53.0. The zero-order valence-electron chi connectivity index (χ0n) is 22.2. The SMILES string of the molecule is Cc1ccccc1C(C(=O)Nc1c(C)cccc1Cl)N(CCO)C(=O)C(CC(N)=O)NC(=O)OC(C)(C)C. The monoisotopic (exact) mass is 546 g/mol. The summed E-state index contributed by atoms with van der Waals surface area (Å²) in [7, 11) is 0. The summed E-state index contributed by atoms with van der Waals surface area (Å²) in [6.45, 7) is 7.70. The van der Waals surface area contributed by atoms with Gasteiger partial charge in [-0.25, -0.2) is 4.79 Å². The van der Waals surface area contributed by atoms with Gasteiger partial charge < -0.3 is 31.1 Å². The molecule has 0 radical (unpaired) electrons. The van der Waals surface area contributed by atoms with Crippen LogP contribution in [-0.4, -0.2) is 58.6 Å². The van der Waals surface area contributed by atoms with E-state index < -0.39 is 54.5 Å². The number of halogens is 1. The standard InChI is InChI=1S/C27H35ClN4O6/c1-16-9-6-7-11-18(16)23(24(35)31-22-17(2)10-8-12-19(22)28)32(13-14-33)25(36)20(15-21(29)34)30-26(37)38-27(3,4)5/h6-12,20,23,33H,13-15H2,1-5H3,(H2,29,34)(H,30,37)(H,31,35). The van der Waals surface area contributed by atoms with Crippen molar-refractivity contribution in [2.45, 2.75) is 58.7 Å². The molecule has 206 valence electrons. The second-order valence-corrected chi connectivity index (χ2v) is 10.2. The fourth-order valence-electron chi connectivity index (χ4n) is 3.85. The predicted octanol–water partition coefficient (Wildman–Crippen LogP) is 3.23. The van der Waals surface area contributed by atoms with Crippen molar-refractivity contribution in [1.82, 2.24) is 10.2 Å². The summed E-state index contributed by atoms with van der Waals surface area (Å²) in [5.74, 6) is -2.26. The maximum atomic E-state index is 13.8. The van der Waals surface area contributed by atoms with Gasteiger partial charge >= 0.3 is 6.09 Å². The number of carbonyl (C=O) groups excluding carboxylic acids is 4. The van der Waals surface area contributed by atoms with Gasteiger partial charge in [0.25, 0.3) is 5.91 Å². The van der Waals surface area contributed by atoms with Crippen LogP contribution < -0.4 is 16.4 Å². The Labute approximate surface area is 227 Å². The van der Waals surface area contributed by atoms with E-state index in [1.165, 1.54) is 0 Å². The molecule has 5 N–H and O–H groups in total. The number of para-hydroxylation sites is 1. The highest BCUT2D eigenvalue weighted by atomic mass is 35.5. The van der Waals surface area contributed by atoms with Crippen LogP contribution in [0.25, 0.3) is 0 Å². The Kier molecular flexibility index (Phi) is 10.7. The van der Waals surface area contributed by atoms with Crippen molar-refractivity contribution in [2.75, 3.05) is 18.5 Å². The number of alkyl carbamates (subject to hydrolysis) is 1. The van der Waals surface area contributed by atoms with E-state index in [9.17, 15) is 24.3 Å². The average molecular weight is 547 g/mol. The second kappa shape index (κ2) is 13.3. The fourth-order valence-corrected chi connectivity index (χ4v) is 4.12. The lowest BCUT2D eigenvalue weighted by molar-refractivity contribution is -0.142. The van der Waals surface area contributed by atoms with Crippen LogP contribution in [0.2, 0.25) is 5.02 Å². The van der Waals surface area contributed by atoms with Crippen LogP contribution >= 0.6 is 11.6 Å². The van der Waals surface area contributed by atoms with Crippen LogP contribution in [0, 0.1) is 13.8 Å². The van der Waals surface area contributed by atoms with Crippen LogP contribution in [0.4, 0.5) is 10.5 Å². The van der Waals surface area contributed by atoms with Gasteiger partial charge in [-0.3, -0.25) is 14.4 Å². The molecule has 0 aliphatic carbocycles. The van der Waals surface area contributed by atoms with Crippen molar-refractivity contribution in [3.63, 3.8) is 0 Å². The quantitative estimate of drug-likeness (QED) is 0.359. The molecule has 0 heterocycles. The summed E-state index contributed by atoms with van der Waals surface area (Å²) in [6, 6.07) is 9.39. The fraction of sp³-hybridized carbons (Fsp3) is 0.407. The largest absolute Gasteiger partial charge is 0.444 e. The number of nitrogens with zero attached hydrogens (tertiary/aromatic N) is 1. The van der Waals surface area contributed by atoms with Crippen LogP contribution in [0.5, 0.6) is 0 Å². The summed E-state index contributed by atoms with van der Waals surface area (Å²) >= 11 is 6.33. The van der Waals surface area contributed by atoms with Crippen molar-refractivity contribution in [3.05, 3.63) is 64.2 Å². The third-order valence-electron chi connectivity index (χ3n) is 5.53. The highest BCUT2D eigenvalue weighted by molar-refractivity contribution is 6.34. The number of nitrogens with two attached hydrogens (primary N) is 1. The van der Waals surface area contributed by atoms with E-state index >= 15 is 0 Å². The lowest BCUT2D eigenvalue weighted by Gasteiger charge is -2.34. The number of ether oxygens (including phenoxy) is 1. The number of primary amides is 1. The Bertz CT molecular complexity index is 1160. The van der Waals surface area contributed by atoms with E-state index in [2.05, 4.69) is 10.6 Å². The Morgan fingerprint density at radius 2 is 1.68 bits per heavy atom. The number of carbonyl (C=O) groups is 4.